The predicted octanol–water partition coefficient (Wildman–Crippen LogP) is 3.61. The van der Waals surface area contributed by atoms with E-state index in [1.807, 2.05) is 24.5 Å². The number of aromatic nitrogens is 2. The summed E-state index contributed by atoms with van der Waals surface area (Å²) >= 11 is 0. The average molecular weight is 264 g/mol. The molecule has 100 valence electrons. The highest BCUT2D eigenvalue weighted by Crippen LogP contribution is 2.19. The second kappa shape index (κ2) is 5.21. The first-order chi connectivity index (χ1) is 9.72. The molecule has 0 saturated carbocycles. The van der Waals surface area contributed by atoms with Crippen LogP contribution in [0.3, 0.4) is 0 Å². The third kappa shape index (κ3) is 2.57. The molecule has 3 nitrogen and oxygen atoms in total. The van der Waals surface area contributed by atoms with Gasteiger partial charge >= 0.3 is 0 Å². The lowest BCUT2D eigenvalue weighted by Crippen LogP contribution is -2.00. The van der Waals surface area contributed by atoms with Gasteiger partial charge in [0.2, 0.25) is 0 Å². The predicted molar refractivity (Wildman–Crippen MR) is 79.6 cm³/mol. The SMILES string of the molecule is Cc1ccc(-c2nccn2Cc2ccc(O)cc2)cc1. The van der Waals surface area contributed by atoms with Crippen molar-refractivity contribution >= 4 is 0 Å². The summed E-state index contributed by atoms with van der Waals surface area (Å²) < 4.78 is 2.11. The summed E-state index contributed by atoms with van der Waals surface area (Å²) in [5.74, 6) is 1.25. The molecule has 0 aliphatic rings. The van der Waals surface area contributed by atoms with E-state index in [9.17, 15) is 5.11 Å². The molecule has 1 N–H and O–H groups in total. The summed E-state index contributed by atoms with van der Waals surface area (Å²) in [5.41, 5.74) is 3.49. The number of rotatable bonds is 3. The fraction of sp³-hybridized carbons (Fsp3) is 0.118. The minimum atomic E-state index is 0.290. The third-order valence-corrected chi connectivity index (χ3v) is 3.31. The van der Waals surface area contributed by atoms with E-state index >= 15 is 0 Å². The van der Waals surface area contributed by atoms with Crippen LogP contribution in [0.15, 0.2) is 60.9 Å². The van der Waals surface area contributed by atoms with E-state index in [2.05, 4.69) is 40.7 Å². The molecule has 0 spiro atoms. The highest BCUT2D eigenvalue weighted by molar-refractivity contribution is 5.56. The van der Waals surface area contributed by atoms with Gasteiger partial charge in [0.05, 0.1) is 0 Å². The molecule has 0 unspecified atom stereocenters. The zero-order valence-electron chi connectivity index (χ0n) is 11.3. The fourth-order valence-corrected chi connectivity index (χ4v) is 2.20. The van der Waals surface area contributed by atoms with Gasteiger partial charge in [-0.3, -0.25) is 0 Å². The number of phenolic OH excluding ortho intramolecular Hbond substituents is 1. The van der Waals surface area contributed by atoms with Crippen LogP contribution in [-0.4, -0.2) is 14.7 Å². The Morgan fingerprint density at radius 2 is 1.70 bits per heavy atom. The van der Waals surface area contributed by atoms with E-state index in [0.29, 0.717) is 0 Å². The first-order valence-electron chi connectivity index (χ1n) is 6.58. The quantitative estimate of drug-likeness (QED) is 0.784. The Morgan fingerprint density at radius 3 is 2.40 bits per heavy atom. The van der Waals surface area contributed by atoms with Crippen molar-refractivity contribution in [2.75, 3.05) is 0 Å². The van der Waals surface area contributed by atoms with E-state index in [-0.39, 0.29) is 5.75 Å². The van der Waals surface area contributed by atoms with Crippen LogP contribution in [0.2, 0.25) is 0 Å². The van der Waals surface area contributed by atoms with Gasteiger partial charge in [-0.1, -0.05) is 42.0 Å². The summed E-state index contributed by atoms with van der Waals surface area (Å²) in [6.45, 7) is 2.82. The van der Waals surface area contributed by atoms with Gasteiger partial charge in [-0.15, -0.1) is 0 Å². The van der Waals surface area contributed by atoms with Crippen LogP contribution in [0, 0.1) is 6.92 Å². The molecule has 20 heavy (non-hydrogen) atoms. The number of nitrogens with zero attached hydrogens (tertiary/aromatic N) is 2. The van der Waals surface area contributed by atoms with Gasteiger partial charge in [-0.25, -0.2) is 4.98 Å². The van der Waals surface area contributed by atoms with Gasteiger partial charge in [0.25, 0.3) is 0 Å². The van der Waals surface area contributed by atoms with E-state index < -0.39 is 0 Å². The Bertz CT molecular complexity index is 697. The van der Waals surface area contributed by atoms with Crippen LogP contribution in [-0.2, 0) is 6.54 Å². The maximum absolute atomic E-state index is 9.32. The van der Waals surface area contributed by atoms with Gasteiger partial charge < -0.3 is 9.67 Å². The van der Waals surface area contributed by atoms with Crippen LogP contribution < -0.4 is 0 Å². The summed E-state index contributed by atoms with van der Waals surface area (Å²) in [6, 6.07) is 15.6. The Morgan fingerprint density at radius 1 is 1.00 bits per heavy atom. The van der Waals surface area contributed by atoms with Crippen molar-refractivity contribution < 1.29 is 5.11 Å². The molecular formula is C17H16N2O. The lowest BCUT2D eigenvalue weighted by molar-refractivity contribution is 0.475. The number of aryl methyl sites for hydroxylation is 1. The van der Waals surface area contributed by atoms with Crippen molar-refractivity contribution in [1.82, 2.24) is 9.55 Å². The highest BCUT2D eigenvalue weighted by atomic mass is 16.3. The minimum absolute atomic E-state index is 0.290. The highest BCUT2D eigenvalue weighted by Gasteiger charge is 2.06. The topological polar surface area (TPSA) is 38.0 Å². The number of aromatic hydroxyl groups is 1. The van der Waals surface area contributed by atoms with Crippen LogP contribution >= 0.6 is 0 Å². The maximum Gasteiger partial charge on any atom is 0.140 e. The number of hydrogen-bond acceptors (Lipinski definition) is 2. The summed E-state index contributed by atoms with van der Waals surface area (Å²) in [6.07, 6.45) is 3.79. The second-order valence-corrected chi connectivity index (χ2v) is 4.91. The lowest BCUT2D eigenvalue weighted by Gasteiger charge is -2.08. The first kappa shape index (κ1) is 12.5. The van der Waals surface area contributed by atoms with Gasteiger partial charge in [0.15, 0.2) is 0 Å². The van der Waals surface area contributed by atoms with Gasteiger partial charge in [-0.05, 0) is 24.6 Å². The molecule has 0 aliphatic carbocycles. The third-order valence-electron chi connectivity index (χ3n) is 3.31. The lowest BCUT2D eigenvalue weighted by atomic mass is 10.1. The van der Waals surface area contributed by atoms with Gasteiger partial charge in [-0.2, -0.15) is 0 Å². The molecule has 1 aromatic heterocycles. The Kier molecular flexibility index (Phi) is 3.25. The number of phenols is 1. The monoisotopic (exact) mass is 264 g/mol. The molecule has 1 heterocycles. The van der Waals surface area contributed by atoms with Crippen molar-refractivity contribution in [3.8, 4) is 17.1 Å². The fourth-order valence-electron chi connectivity index (χ4n) is 2.20. The van der Waals surface area contributed by atoms with Crippen LogP contribution in [0.1, 0.15) is 11.1 Å². The normalized spacial score (nSPS) is 10.7. The molecule has 0 amide bonds. The van der Waals surface area contributed by atoms with E-state index in [1.54, 1.807) is 12.1 Å². The summed E-state index contributed by atoms with van der Waals surface area (Å²) in [4.78, 5) is 4.44. The molecule has 0 atom stereocenters. The van der Waals surface area contributed by atoms with Gasteiger partial charge in [0, 0.05) is 24.5 Å². The van der Waals surface area contributed by atoms with Gasteiger partial charge in [0.1, 0.15) is 11.6 Å². The molecule has 0 radical (unpaired) electrons. The molecule has 3 aromatic rings. The van der Waals surface area contributed by atoms with E-state index in [0.717, 1.165) is 23.5 Å². The Balaban J connectivity index is 1.90. The number of imidazole rings is 1. The molecular weight excluding hydrogens is 248 g/mol. The number of hydrogen-bond donors (Lipinski definition) is 1. The smallest absolute Gasteiger partial charge is 0.140 e. The van der Waals surface area contributed by atoms with E-state index in [4.69, 9.17) is 0 Å². The molecule has 0 aliphatic heterocycles. The standard InChI is InChI=1S/C17H16N2O/c1-13-2-6-15(7-3-13)17-18-10-11-19(17)12-14-4-8-16(20)9-5-14/h2-11,20H,12H2,1H3. The van der Waals surface area contributed by atoms with E-state index in [1.165, 1.54) is 5.56 Å². The van der Waals surface area contributed by atoms with Crippen molar-refractivity contribution in [1.29, 1.82) is 0 Å². The van der Waals surface area contributed by atoms with Crippen molar-refractivity contribution in [3.63, 3.8) is 0 Å². The van der Waals surface area contributed by atoms with Crippen molar-refractivity contribution in [2.45, 2.75) is 13.5 Å². The Hall–Kier alpha value is -2.55. The first-order valence-corrected chi connectivity index (χ1v) is 6.58. The molecule has 0 bridgehead atoms. The van der Waals surface area contributed by atoms with Crippen LogP contribution in [0.25, 0.3) is 11.4 Å². The Labute approximate surface area is 118 Å². The molecule has 0 saturated heterocycles. The van der Waals surface area contributed by atoms with Crippen molar-refractivity contribution in [2.24, 2.45) is 0 Å². The zero-order valence-corrected chi connectivity index (χ0v) is 11.3. The molecule has 2 aromatic carbocycles. The van der Waals surface area contributed by atoms with Crippen LogP contribution in [0.5, 0.6) is 5.75 Å². The zero-order chi connectivity index (χ0) is 13.9. The molecule has 3 heteroatoms. The average Bonchev–Trinajstić information content (AvgIpc) is 2.90. The maximum atomic E-state index is 9.32. The van der Waals surface area contributed by atoms with Crippen molar-refractivity contribution in [3.05, 3.63) is 72.1 Å². The molecule has 0 fully saturated rings. The van der Waals surface area contributed by atoms with Crippen LogP contribution in [0.4, 0.5) is 0 Å². The minimum Gasteiger partial charge on any atom is -0.508 e. The second-order valence-electron chi connectivity index (χ2n) is 4.91. The summed E-state index contributed by atoms with van der Waals surface area (Å²) in [7, 11) is 0. The number of benzene rings is 2. The molecule has 3 rings (SSSR count). The summed E-state index contributed by atoms with van der Waals surface area (Å²) in [5, 5.41) is 9.32. The largest absolute Gasteiger partial charge is 0.508 e.